The second-order valence-electron chi connectivity index (χ2n) is 7.04. The van der Waals surface area contributed by atoms with Crippen molar-refractivity contribution < 1.29 is 27.8 Å². The minimum absolute atomic E-state index is 0.0339. The van der Waals surface area contributed by atoms with E-state index in [0.29, 0.717) is 26.0 Å². The van der Waals surface area contributed by atoms with Gasteiger partial charge in [0.1, 0.15) is 5.75 Å². The number of hydrogen-bond donors (Lipinski definition) is 0. The lowest BCUT2D eigenvalue weighted by Crippen LogP contribution is -2.26. The van der Waals surface area contributed by atoms with Crippen LogP contribution < -0.4 is 14.2 Å². The highest BCUT2D eigenvalue weighted by molar-refractivity contribution is 5.88. The summed E-state index contributed by atoms with van der Waals surface area (Å²) in [5, 5.41) is 2.15. The van der Waals surface area contributed by atoms with E-state index in [4.69, 9.17) is 9.47 Å². The molecule has 0 saturated carbocycles. The van der Waals surface area contributed by atoms with Crippen LogP contribution in [0.4, 0.5) is 8.78 Å². The van der Waals surface area contributed by atoms with Crippen molar-refractivity contribution in [3.8, 4) is 17.2 Å². The number of amides is 1. The van der Waals surface area contributed by atoms with E-state index in [1.54, 1.807) is 24.1 Å². The standard InChI is InChI=1S/C24H25F2NO4/c1-27(16-17-12-13-21(31-24(25)26)22(15-17)29-2)23(28)11-6-14-30-20-10-5-8-18-7-3-4-9-19(18)20/h3-5,7-10,12-13,15,24H,6,11,14,16H2,1-2H3. The zero-order valence-electron chi connectivity index (χ0n) is 17.5. The van der Waals surface area contributed by atoms with Crippen molar-refractivity contribution in [2.75, 3.05) is 20.8 Å². The van der Waals surface area contributed by atoms with Crippen molar-refractivity contribution in [1.82, 2.24) is 4.90 Å². The molecular weight excluding hydrogens is 404 g/mol. The van der Waals surface area contributed by atoms with Gasteiger partial charge >= 0.3 is 6.61 Å². The third kappa shape index (κ3) is 6.07. The summed E-state index contributed by atoms with van der Waals surface area (Å²) in [6.45, 7) is -2.17. The Morgan fingerprint density at radius 1 is 1.00 bits per heavy atom. The molecule has 164 valence electrons. The average molecular weight is 429 g/mol. The van der Waals surface area contributed by atoms with Crippen molar-refractivity contribution in [2.45, 2.75) is 26.0 Å². The van der Waals surface area contributed by atoms with E-state index in [1.807, 2.05) is 42.5 Å². The molecule has 7 heteroatoms. The SMILES string of the molecule is COc1cc(CN(C)C(=O)CCCOc2cccc3ccccc23)ccc1OC(F)F. The molecule has 3 rings (SSSR count). The topological polar surface area (TPSA) is 48.0 Å². The fraction of sp³-hybridized carbons (Fsp3) is 0.292. The van der Waals surface area contributed by atoms with E-state index >= 15 is 0 Å². The van der Waals surface area contributed by atoms with Gasteiger partial charge in [-0.05, 0) is 35.6 Å². The number of fused-ring (bicyclic) bond motifs is 1. The van der Waals surface area contributed by atoms with E-state index in [9.17, 15) is 13.6 Å². The molecule has 31 heavy (non-hydrogen) atoms. The molecule has 0 aliphatic carbocycles. The summed E-state index contributed by atoms with van der Waals surface area (Å²) in [5.41, 5.74) is 0.751. The fourth-order valence-corrected chi connectivity index (χ4v) is 3.28. The average Bonchev–Trinajstić information content (AvgIpc) is 2.77. The van der Waals surface area contributed by atoms with Crippen LogP contribution >= 0.6 is 0 Å². The second-order valence-corrected chi connectivity index (χ2v) is 7.04. The summed E-state index contributed by atoms with van der Waals surface area (Å²) < 4.78 is 40.3. The summed E-state index contributed by atoms with van der Waals surface area (Å²) in [7, 11) is 3.08. The van der Waals surface area contributed by atoms with E-state index < -0.39 is 6.61 Å². The highest BCUT2D eigenvalue weighted by Crippen LogP contribution is 2.30. The first-order valence-corrected chi connectivity index (χ1v) is 9.94. The minimum atomic E-state index is -2.93. The number of halogens is 2. The van der Waals surface area contributed by atoms with Gasteiger partial charge < -0.3 is 19.1 Å². The Kier molecular flexibility index (Phi) is 7.65. The molecule has 0 aromatic heterocycles. The van der Waals surface area contributed by atoms with Gasteiger partial charge in [-0.2, -0.15) is 8.78 Å². The predicted octanol–water partition coefficient (Wildman–Crippen LogP) is 5.27. The molecule has 0 bridgehead atoms. The van der Waals surface area contributed by atoms with Crippen molar-refractivity contribution >= 4 is 16.7 Å². The Balaban J connectivity index is 1.49. The fourth-order valence-electron chi connectivity index (χ4n) is 3.28. The van der Waals surface area contributed by atoms with Crippen LogP contribution in [0.15, 0.2) is 60.7 Å². The van der Waals surface area contributed by atoms with Crippen LogP contribution in [0.3, 0.4) is 0 Å². The van der Waals surface area contributed by atoms with E-state index in [-0.39, 0.29) is 17.4 Å². The van der Waals surface area contributed by atoms with Crippen LogP contribution in [0.5, 0.6) is 17.2 Å². The van der Waals surface area contributed by atoms with Crippen molar-refractivity contribution in [2.24, 2.45) is 0 Å². The van der Waals surface area contributed by atoms with Gasteiger partial charge in [-0.15, -0.1) is 0 Å². The number of nitrogens with zero attached hydrogens (tertiary/aromatic N) is 1. The first kappa shape index (κ1) is 22.3. The van der Waals surface area contributed by atoms with Crippen LogP contribution in [-0.4, -0.2) is 38.2 Å². The molecule has 0 spiro atoms. The van der Waals surface area contributed by atoms with Crippen molar-refractivity contribution in [3.63, 3.8) is 0 Å². The number of hydrogen-bond acceptors (Lipinski definition) is 4. The summed E-state index contributed by atoms with van der Waals surface area (Å²) in [6, 6.07) is 18.5. The van der Waals surface area contributed by atoms with Gasteiger partial charge in [0.15, 0.2) is 11.5 Å². The largest absolute Gasteiger partial charge is 0.493 e. The molecule has 0 aliphatic heterocycles. The normalized spacial score (nSPS) is 10.9. The quantitative estimate of drug-likeness (QED) is 0.412. The Bertz CT molecular complexity index is 1020. The zero-order chi connectivity index (χ0) is 22.2. The Morgan fingerprint density at radius 3 is 2.55 bits per heavy atom. The van der Waals surface area contributed by atoms with Crippen LogP contribution in [-0.2, 0) is 11.3 Å². The maximum Gasteiger partial charge on any atom is 0.387 e. The lowest BCUT2D eigenvalue weighted by molar-refractivity contribution is -0.130. The number of alkyl halides is 2. The van der Waals surface area contributed by atoms with Crippen molar-refractivity contribution in [3.05, 3.63) is 66.2 Å². The molecule has 0 aliphatic rings. The molecule has 5 nitrogen and oxygen atoms in total. The van der Waals surface area contributed by atoms with Crippen molar-refractivity contribution in [1.29, 1.82) is 0 Å². The van der Waals surface area contributed by atoms with Gasteiger partial charge in [-0.3, -0.25) is 4.79 Å². The lowest BCUT2D eigenvalue weighted by atomic mass is 10.1. The number of methoxy groups -OCH3 is 1. The van der Waals surface area contributed by atoms with Crippen LogP contribution in [0.25, 0.3) is 10.8 Å². The van der Waals surface area contributed by atoms with Crippen LogP contribution in [0, 0.1) is 0 Å². The molecule has 0 heterocycles. The van der Waals surface area contributed by atoms with Gasteiger partial charge in [-0.1, -0.05) is 42.5 Å². The zero-order valence-corrected chi connectivity index (χ0v) is 17.5. The number of benzene rings is 3. The first-order chi connectivity index (χ1) is 15.0. The summed E-state index contributed by atoms with van der Waals surface area (Å²) in [6.07, 6.45) is 0.919. The van der Waals surface area contributed by atoms with Gasteiger partial charge in [0.25, 0.3) is 0 Å². The highest BCUT2D eigenvalue weighted by Gasteiger charge is 2.14. The molecule has 0 radical (unpaired) electrons. The molecule has 0 saturated heterocycles. The Morgan fingerprint density at radius 2 is 1.77 bits per heavy atom. The smallest absolute Gasteiger partial charge is 0.387 e. The first-order valence-electron chi connectivity index (χ1n) is 9.94. The highest BCUT2D eigenvalue weighted by atomic mass is 19.3. The third-order valence-electron chi connectivity index (χ3n) is 4.83. The maximum absolute atomic E-state index is 12.5. The predicted molar refractivity (Wildman–Crippen MR) is 115 cm³/mol. The number of rotatable bonds is 10. The van der Waals surface area contributed by atoms with Gasteiger partial charge in [0.2, 0.25) is 5.91 Å². The molecule has 0 atom stereocenters. The van der Waals surface area contributed by atoms with Gasteiger partial charge in [-0.25, -0.2) is 0 Å². The molecule has 1 amide bonds. The molecular formula is C24H25F2NO4. The third-order valence-corrected chi connectivity index (χ3v) is 4.83. The maximum atomic E-state index is 12.5. The van der Waals surface area contributed by atoms with Crippen LogP contribution in [0.2, 0.25) is 0 Å². The molecule has 0 fully saturated rings. The monoisotopic (exact) mass is 429 g/mol. The number of carbonyl (C=O) groups is 1. The van der Waals surface area contributed by atoms with E-state index in [2.05, 4.69) is 4.74 Å². The van der Waals surface area contributed by atoms with Gasteiger partial charge in [0.05, 0.1) is 13.7 Å². The molecule has 0 unspecified atom stereocenters. The number of carbonyl (C=O) groups excluding carboxylic acids is 1. The van der Waals surface area contributed by atoms with Crippen LogP contribution in [0.1, 0.15) is 18.4 Å². The van der Waals surface area contributed by atoms with E-state index in [1.165, 1.54) is 13.2 Å². The second kappa shape index (κ2) is 10.6. The van der Waals surface area contributed by atoms with Gasteiger partial charge in [0, 0.05) is 25.4 Å². The summed E-state index contributed by atoms with van der Waals surface area (Å²) in [4.78, 5) is 14.0. The molecule has 3 aromatic rings. The summed E-state index contributed by atoms with van der Waals surface area (Å²) in [5.74, 6) is 0.924. The Hall–Kier alpha value is -3.35. The lowest BCUT2D eigenvalue weighted by Gasteiger charge is -2.18. The molecule has 3 aromatic carbocycles. The minimum Gasteiger partial charge on any atom is -0.493 e. The Labute approximate surface area is 180 Å². The summed E-state index contributed by atoms with van der Waals surface area (Å²) >= 11 is 0. The van der Waals surface area contributed by atoms with E-state index in [0.717, 1.165) is 22.1 Å². The molecule has 0 N–H and O–H groups in total. The number of ether oxygens (including phenoxy) is 3.